The summed E-state index contributed by atoms with van der Waals surface area (Å²) in [5.74, 6) is 1.90. The summed E-state index contributed by atoms with van der Waals surface area (Å²) in [5, 5.41) is 0.211. The number of aryl methyl sites for hydroxylation is 1. The Hall–Kier alpha value is -0.880. The molecule has 1 aromatic rings. The molecular weight excluding hydrogens is 250 g/mol. The molecule has 5 nitrogen and oxygen atoms in total. The summed E-state index contributed by atoms with van der Waals surface area (Å²) in [4.78, 5) is 6.77. The number of nitrogens with one attached hydrogen (secondary N) is 1. The van der Waals surface area contributed by atoms with Crippen molar-refractivity contribution >= 4 is 10.0 Å². The van der Waals surface area contributed by atoms with Crippen LogP contribution in [0.25, 0.3) is 0 Å². The van der Waals surface area contributed by atoms with Gasteiger partial charge in [-0.25, -0.2) is 13.4 Å². The van der Waals surface area contributed by atoms with Crippen molar-refractivity contribution in [2.24, 2.45) is 11.8 Å². The Balaban J connectivity index is 2.09. The number of hydrogen-bond acceptors (Lipinski definition) is 3. The molecule has 1 saturated heterocycles. The van der Waals surface area contributed by atoms with Crippen molar-refractivity contribution in [2.45, 2.75) is 38.6 Å². The molecule has 1 aliphatic heterocycles. The second-order valence-electron chi connectivity index (χ2n) is 5.32. The van der Waals surface area contributed by atoms with Crippen molar-refractivity contribution in [3.8, 4) is 0 Å². The average Bonchev–Trinajstić information content (AvgIpc) is 2.76. The first-order valence-corrected chi connectivity index (χ1v) is 7.87. The predicted molar refractivity (Wildman–Crippen MR) is 69.6 cm³/mol. The largest absolute Gasteiger partial charge is 0.332 e. The molecule has 0 bridgehead atoms. The Morgan fingerprint density at radius 3 is 2.44 bits per heavy atom. The number of H-pyrrole nitrogens is 1. The Labute approximate surface area is 109 Å². The van der Waals surface area contributed by atoms with Crippen molar-refractivity contribution < 1.29 is 8.42 Å². The molecule has 1 aromatic heterocycles. The monoisotopic (exact) mass is 271 g/mol. The molecule has 0 amide bonds. The van der Waals surface area contributed by atoms with E-state index < -0.39 is 10.0 Å². The predicted octanol–water partition coefficient (Wildman–Crippen LogP) is 1.77. The summed E-state index contributed by atoms with van der Waals surface area (Å²) < 4.78 is 26.2. The van der Waals surface area contributed by atoms with Crippen LogP contribution < -0.4 is 0 Å². The van der Waals surface area contributed by atoms with Gasteiger partial charge in [0.25, 0.3) is 10.0 Å². The van der Waals surface area contributed by atoms with Gasteiger partial charge in [0.1, 0.15) is 5.82 Å². The summed E-state index contributed by atoms with van der Waals surface area (Å²) in [6, 6.07) is 0. The van der Waals surface area contributed by atoms with Crippen LogP contribution in [0, 0.1) is 18.8 Å². The van der Waals surface area contributed by atoms with Crippen LogP contribution >= 0.6 is 0 Å². The summed E-state index contributed by atoms with van der Waals surface area (Å²) in [6.45, 7) is 7.39. The third-order valence-corrected chi connectivity index (χ3v) is 5.55. The first kappa shape index (κ1) is 13.5. The molecule has 0 aliphatic carbocycles. The SMILES string of the molecule is Cc1ncc(S(=O)(=O)N2CCC(C(C)C)CC2)[nH]1. The van der Waals surface area contributed by atoms with E-state index in [0.717, 1.165) is 12.8 Å². The fourth-order valence-electron chi connectivity index (χ4n) is 2.45. The molecule has 0 radical (unpaired) electrons. The number of imidazole rings is 1. The number of rotatable bonds is 3. The van der Waals surface area contributed by atoms with E-state index in [0.29, 0.717) is 30.7 Å². The number of aromatic amines is 1. The zero-order valence-electron chi connectivity index (χ0n) is 11.2. The van der Waals surface area contributed by atoms with E-state index >= 15 is 0 Å². The highest BCUT2D eigenvalue weighted by atomic mass is 32.2. The summed E-state index contributed by atoms with van der Waals surface area (Å²) in [7, 11) is -3.38. The summed E-state index contributed by atoms with van der Waals surface area (Å²) in [5.41, 5.74) is 0. The first-order chi connectivity index (χ1) is 8.41. The van der Waals surface area contributed by atoms with Crippen molar-refractivity contribution in [3.63, 3.8) is 0 Å². The van der Waals surface area contributed by atoms with Crippen molar-refractivity contribution in [3.05, 3.63) is 12.0 Å². The normalized spacial score (nSPS) is 19.6. The zero-order valence-corrected chi connectivity index (χ0v) is 12.0. The zero-order chi connectivity index (χ0) is 13.3. The number of aromatic nitrogens is 2. The maximum absolute atomic E-state index is 12.3. The van der Waals surface area contributed by atoms with Crippen LogP contribution in [-0.2, 0) is 10.0 Å². The molecular formula is C12H21N3O2S. The van der Waals surface area contributed by atoms with Gasteiger partial charge in [0.15, 0.2) is 5.03 Å². The second-order valence-corrected chi connectivity index (χ2v) is 7.22. The van der Waals surface area contributed by atoms with Gasteiger partial charge in [0.2, 0.25) is 0 Å². The molecule has 0 aromatic carbocycles. The number of piperidine rings is 1. The van der Waals surface area contributed by atoms with Gasteiger partial charge < -0.3 is 4.98 Å². The molecule has 2 rings (SSSR count). The topological polar surface area (TPSA) is 66.1 Å². The molecule has 1 fully saturated rings. The lowest BCUT2D eigenvalue weighted by molar-refractivity contribution is 0.226. The van der Waals surface area contributed by atoms with Gasteiger partial charge in [0, 0.05) is 13.1 Å². The average molecular weight is 271 g/mol. The molecule has 0 atom stereocenters. The fraction of sp³-hybridized carbons (Fsp3) is 0.750. The molecule has 102 valence electrons. The number of hydrogen-bond donors (Lipinski definition) is 1. The minimum Gasteiger partial charge on any atom is -0.332 e. The lowest BCUT2D eigenvalue weighted by Crippen LogP contribution is -2.39. The Kier molecular flexibility index (Phi) is 3.77. The number of sulfonamides is 1. The molecule has 2 heterocycles. The Morgan fingerprint density at radius 2 is 2.00 bits per heavy atom. The minimum absolute atomic E-state index is 0.211. The van der Waals surface area contributed by atoms with Gasteiger partial charge in [-0.3, -0.25) is 0 Å². The molecule has 18 heavy (non-hydrogen) atoms. The lowest BCUT2D eigenvalue weighted by Gasteiger charge is -2.32. The quantitative estimate of drug-likeness (QED) is 0.911. The van der Waals surface area contributed by atoms with Crippen LogP contribution in [0.3, 0.4) is 0 Å². The summed E-state index contributed by atoms with van der Waals surface area (Å²) in [6.07, 6.45) is 3.30. The van der Waals surface area contributed by atoms with Gasteiger partial charge in [-0.1, -0.05) is 13.8 Å². The van der Waals surface area contributed by atoms with Crippen LogP contribution in [-0.4, -0.2) is 35.8 Å². The maximum Gasteiger partial charge on any atom is 0.260 e. The van der Waals surface area contributed by atoms with E-state index in [-0.39, 0.29) is 5.03 Å². The van der Waals surface area contributed by atoms with Crippen LogP contribution in [0.5, 0.6) is 0 Å². The van der Waals surface area contributed by atoms with E-state index in [2.05, 4.69) is 23.8 Å². The third kappa shape index (κ3) is 2.59. The van der Waals surface area contributed by atoms with E-state index in [1.807, 2.05) is 0 Å². The van der Waals surface area contributed by atoms with Crippen LogP contribution in [0.4, 0.5) is 0 Å². The molecule has 6 heteroatoms. The molecule has 0 unspecified atom stereocenters. The Bertz CT molecular complexity index is 499. The molecule has 0 spiro atoms. The van der Waals surface area contributed by atoms with Crippen molar-refractivity contribution in [2.75, 3.05) is 13.1 Å². The van der Waals surface area contributed by atoms with Gasteiger partial charge >= 0.3 is 0 Å². The first-order valence-electron chi connectivity index (χ1n) is 6.43. The Morgan fingerprint density at radius 1 is 1.39 bits per heavy atom. The fourth-order valence-corrected chi connectivity index (χ4v) is 3.88. The maximum atomic E-state index is 12.3. The number of nitrogens with zero attached hydrogens (tertiary/aromatic N) is 2. The highest BCUT2D eigenvalue weighted by Gasteiger charge is 2.31. The van der Waals surface area contributed by atoms with Crippen LogP contribution in [0.2, 0.25) is 0 Å². The van der Waals surface area contributed by atoms with E-state index in [4.69, 9.17) is 0 Å². The molecule has 0 saturated carbocycles. The second kappa shape index (κ2) is 5.01. The standard InChI is InChI=1S/C12H21N3O2S/c1-9(2)11-4-6-15(7-5-11)18(16,17)12-8-13-10(3)14-12/h8-9,11H,4-7H2,1-3H3,(H,13,14). The summed E-state index contributed by atoms with van der Waals surface area (Å²) >= 11 is 0. The third-order valence-electron chi connectivity index (χ3n) is 3.74. The van der Waals surface area contributed by atoms with Crippen molar-refractivity contribution in [1.29, 1.82) is 0 Å². The van der Waals surface area contributed by atoms with Gasteiger partial charge in [-0.15, -0.1) is 0 Å². The van der Waals surface area contributed by atoms with E-state index in [1.165, 1.54) is 6.20 Å². The lowest BCUT2D eigenvalue weighted by atomic mass is 9.87. The van der Waals surface area contributed by atoms with Gasteiger partial charge in [-0.2, -0.15) is 4.31 Å². The molecule has 1 N–H and O–H groups in total. The molecule has 1 aliphatic rings. The van der Waals surface area contributed by atoms with E-state index in [9.17, 15) is 8.42 Å². The van der Waals surface area contributed by atoms with Crippen LogP contribution in [0.1, 0.15) is 32.5 Å². The van der Waals surface area contributed by atoms with E-state index in [1.54, 1.807) is 11.2 Å². The van der Waals surface area contributed by atoms with Crippen LogP contribution in [0.15, 0.2) is 11.2 Å². The smallest absolute Gasteiger partial charge is 0.260 e. The van der Waals surface area contributed by atoms with Gasteiger partial charge in [0.05, 0.1) is 6.20 Å². The van der Waals surface area contributed by atoms with Gasteiger partial charge in [-0.05, 0) is 31.6 Å². The highest BCUT2D eigenvalue weighted by molar-refractivity contribution is 7.89. The minimum atomic E-state index is -3.38. The highest BCUT2D eigenvalue weighted by Crippen LogP contribution is 2.27. The van der Waals surface area contributed by atoms with Crippen molar-refractivity contribution in [1.82, 2.24) is 14.3 Å².